The molecule has 1 aliphatic rings. The van der Waals surface area contributed by atoms with Crippen LogP contribution in [0.3, 0.4) is 0 Å². The second kappa shape index (κ2) is 7.35. The van der Waals surface area contributed by atoms with E-state index in [0.29, 0.717) is 29.6 Å². The molecular formula is C20H19ClN2O2S. The Labute approximate surface area is 161 Å². The van der Waals surface area contributed by atoms with Gasteiger partial charge in [-0.15, -0.1) is 11.8 Å². The number of carbonyl (C=O) groups is 1. The van der Waals surface area contributed by atoms with Crippen LogP contribution in [-0.2, 0) is 5.75 Å². The van der Waals surface area contributed by atoms with Gasteiger partial charge in [-0.1, -0.05) is 29.8 Å². The van der Waals surface area contributed by atoms with E-state index in [1.807, 2.05) is 48.5 Å². The first-order chi connectivity index (χ1) is 12.6. The van der Waals surface area contributed by atoms with Crippen LogP contribution in [0.5, 0.6) is 0 Å². The third-order valence-corrected chi connectivity index (χ3v) is 5.89. The van der Waals surface area contributed by atoms with E-state index >= 15 is 0 Å². The van der Waals surface area contributed by atoms with Crippen LogP contribution in [0.2, 0.25) is 5.02 Å². The van der Waals surface area contributed by atoms with Crippen molar-refractivity contribution in [2.45, 2.75) is 23.1 Å². The predicted octanol–water partition coefficient (Wildman–Crippen LogP) is 4.55. The van der Waals surface area contributed by atoms with E-state index in [-0.39, 0.29) is 11.9 Å². The first-order valence-electron chi connectivity index (χ1n) is 8.55. The van der Waals surface area contributed by atoms with Crippen LogP contribution in [0, 0.1) is 0 Å². The third kappa shape index (κ3) is 3.47. The van der Waals surface area contributed by atoms with Crippen LogP contribution < -0.4 is 5.73 Å². The minimum Gasteiger partial charge on any atom is -0.451 e. The average Bonchev–Trinajstić information content (AvgIpc) is 3.24. The maximum atomic E-state index is 13.0. The standard InChI is InChI=1S/C20H19ClN2O2S/c21-13-5-7-15(8-6-13)26-12-17-16-3-1-2-4-18(16)25-19(17)20(24)23-10-9-14(22)11-23/h1-8,14H,9-12,22H2/t14-/m1/s1. The quantitative estimate of drug-likeness (QED) is 0.668. The van der Waals surface area contributed by atoms with Gasteiger partial charge < -0.3 is 15.1 Å². The molecule has 3 aromatic rings. The van der Waals surface area contributed by atoms with Crippen molar-refractivity contribution < 1.29 is 9.21 Å². The Morgan fingerprint density at radius 1 is 1.23 bits per heavy atom. The minimum absolute atomic E-state index is 0.0511. The highest BCUT2D eigenvalue weighted by Crippen LogP contribution is 2.33. The fourth-order valence-electron chi connectivity index (χ4n) is 3.22. The zero-order valence-corrected chi connectivity index (χ0v) is 15.7. The summed E-state index contributed by atoms with van der Waals surface area (Å²) in [5.41, 5.74) is 7.64. The van der Waals surface area contributed by atoms with Crippen LogP contribution in [0.25, 0.3) is 11.0 Å². The van der Waals surface area contributed by atoms with E-state index in [0.717, 1.165) is 27.8 Å². The zero-order chi connectivity index (χ0) is 18.1. The highest BCUT2D eigenvalue weighted by molar-refractivity contribution is 7.98. The van der Waals surface area contributed by atoms with Gasteiger partial charge in [0.05, 0.1) is 0 Å². The molecule has 4 nitrogen and oxygen atoms in total. The van der Waals surface area contributed by atoms with Crippen molar-refractivity contribution in [3.8, 4) is 0 Å². The van der Waals surface area contributed by atoms with Crippen LogP contribution >= 0.6 is 23.4 Å². The number of amides is 1. The molecule has 2 heterocycles. The van der Waals surface area contributed by atoms with E-state index in [9.17, 15) is 4.79 Å². The Morgan fingerprint density at radius 3 is 2.73 bits per heavy atom. The van der Waals surface area contributed by atoms with Crippen molar-refractivity contribution in [2.24, 2.45) is 5.73 Å². The van der Waals surface area contributed by atoms with Gasteiger partial charge in [0, 0.05) is 45.8 Å². The van der Waals surface area contributed by atoms with Gasteiger partial charge in [-0.3, -0.25) is 4.79 Å². The molecule has 134 valence electrons. The summed E-state index contributed by atoms with van der Waals surface area (Å²) >= 11 is 7.62. The zero-order valence-electron chi connectivity index (χ0n) is 14.2. The molecule has 1 saturated heterocycles. The second-order valence-electron chi connectivity index (χ2n) is 6.45. The molecule has 6 heteroatoms. The van der Waals surface area contributed by atoms with Crippen molar-refractivity contribution in [3.63, 3.8) is 0 Å². The van der Waals surface area contributed by atoms with Gasteiger partial charge >= 0.3 is 0 Å². The van der Waals surface area contributed by atoms with Crippen LogP contribution in [0.1, 0.15) is 22.5 Å². The van der Waals surface area contributed by atoms with Crippen LogP contribution in [0.4, 0.5) is 0 Å². The number of rotatable bonds is 4. The van der Waals surface area contributed by atoms with Gasteiger partial charge in [-0.25, -0.2) is 0 Å². The number of fused-ring (bicyclic) bond motifs is 1. The average molecular weight is 387 g/mol. The molecule has 2 N–H and O–H groups in total. The topological polar surface area (TPSA) is 59.5 Å². The lowest BCUT2D eigenvalue weighted by Crippen LogP contribution is -2.32. The second-order valence-corrected chi connectivity index (χ2v) is 7.93. The number of nitrogens with zero attached hydrogens (tertiary/aromatic N) is 1. The maximum absolute atomic E-state index is 13.0. The number of halogens is 1. The van der Waals surface area contributed by atoms with Crippen molar-refractivity contribution in [1.29, 1.82) is 0 Å². The SMILES string of the molecule is N[C@@H]1CCN(C(=O)c2oc3ccccc3c2CSc2ccc(Cl)cc2)C1. The Morgan fingerprint density at radius 2 is 2.00 bits per heavy atom. The first-order valence-corrected chi connectivity index (χ1v) is 9.92. The highest BCUT2D eigenvalue weighted by atomic mass is 35.5. The Balaban J connectivity index is 1.65. The number of likely N-dealkylation sites (tertiary alicyclic amines) is 1. The minimum atomic E-state index is -0.0687. The van der Waals surface area contributed by atoms with E-state index in [4.69, 9.17) is 21.8 Å². The number of para-hydroxylation sites is 1. The number of nitrogens with two attached hydrogens (primary N) is 1. The molecule has 1 amide bonds. The number of thioether (sulfide) groups is 1. The largest absolute Gasteiger partial charge is 0.451 e. The molecular weight excluding hydrogens is 368 g/mol. The van der Waals surface area contributed by atoms with Crippen molar-refractivity contribution in [3.05, 3.63) is 64.9 Å². The van der Waals surface area contributed by atoms with Gasteiger partial charge in [-0.2, -0.15) is 0 Å². The smallest absolute Gasteiger partial charge is 0.289 e. The summed E-state index contributed by atoms with van der Waals surface area (Å²) in [6.07, 6.45) is 0.834. The van der Waals surface area contributed by atoms with Crippen molar-refractivity contribution in [2.75, 3.05) is 13.1 Å². The van der Waals surface area contributed by atoms with E-state index in [1.165, 1.54) is 0 Å². The molecule has 0 saturated carbocycles. The number of furan rings is 1. The summed E-state index contributed by atoms with van der Waals surface area (Å²) in [6.45, 7) is 1.26. The summed E-state index contributed by atoms with van der Waals surface area (Å²) in [4.78, 5) is 15.9. The fourth-order valence-corrected chi connectivity index (χ4v) is 4.27. The molecule has 1 aromatic heterocycles. The molecule has 0 unspecified atom stereocenters. The molecule has 0 radical (unpaired) electrons. The van der Waals surface area contributed by atoms with Gasteiger partial charge in [0.1, 0.15) is 5.58 Å². The lowest BCUT2D eigenvalue weighted by Gasteiger charge is -2.15. The number of carbonyl (C=O) groups excluding carboxylic acids is 1. The lowest BCUT2D eigenvalue weighted by atomic mass is 10.1. The van der Waals surface area contributed by atoms with Crippen molar-refractivity contribution >= 4 is 40.2 Å². The Kier molecular flexibility index (Phi) is 4.94. The molecule has 26 heavy (non-hydrogen) atoms. The van der Waals surface area contributed by atoms with Crippen LogP contribution in [-0.4, -0.2) is 29.9 Å². The summed E-state index contributed by atoms with van der Waals surface area (Å²) < 4.78 is 5.95. The van der Waals surface area contributed by atoms with Crippen molar-refractivity contribution in [1.82, 2.24) is 4.90 Å². The Bertz CT molecular complexity index is 939. The van der Waals surface area contributed by atoms with Gasteiger partial charge in [0.25, 0.3) is 5.91 Å². The molecule has 1 atom stereocenters. The van der Waals surface area contributed by atoms with E-state index < -0.39 is 0 Å². The maximum Gasteiger partial charge on any atom is 0.289 e. The van der Waals surface area contributed by atoms with Gasteiger partial charge in [0.15, 0.2) is 5.76 Å². The summed E-state index contributed by atoms with van der Waals surface area (Å²) in [5, 5.41) is 1.70. The van der Waals surface area contributed by atoms with Gasteiger partial charge in [0.2, 0.25) is 0 Å². The lowest BCUT2D eigenvalue weighted by molar-refractivity contribution is 0.0760. The molecule has 0 spiro atoms. The number of hydrogen-bond donors (Lipinski definition) is 1. The summed E-state index contributed by atoms with van der Waals surface area (Å²) in [5.74, 6) is 1.02. The normalized spacial score (nSPS) is 17.2. The molecule has 1 aliphatic heterocycles. The van der Waals surface area contributed by atoms with E-state index in [1.54, 1.807) is 16.7 Å². The number of benzene rings is 2. The third-order valence-electron chi connectivity index (χ3n) is 4.60. The fraction of sp³-hybridized carbons (Fsp3) is 0.250. The molecule has 0 aliphatic carbocycles. The molecule has 0 bridgehead atoms. The first kappa shape index (κ1) is 17.5. The van der Waals surface area contributed by atoms with Crippen LogP contribution in [0.15, 0.2) is 57.8 Å². The van der Waals surface area contributed by atoms with Gasteiger partial charge in [-0.05, 0) is 36.8 Å². The monoisotopic (exact) mass is 386 g/mol. The Hall–Kier alpha value is -1.95. The highest BCUT2D eigenvalue weighted by Gasteiger charge is 2.29. The summed E-state index contributed by atoms with van der Waals surface area (Å²) in [7, 11) is 0. The number of hydrogen-bond acceptors (Lipinski definition) is 4. The summed E-state index contributed by atoms with van der Waals surface area (Å²) in [6, 6.07) is 15.5. The van der Waals surface area contributed by atoms with E-state index in [2.05, 4.69) is 0 Å². The molecule has 2 aromatic carbocycles. The molecule has 1 fully saturated rings. The molecule has 4 rings (SSSR count). The predicted molar refractivity (Wildman–Crippen MR) is 106 cm³/mol.